The lowest BCUT2D eigenvalue weighted by Gasteiger charge is -2.32. The van der Waals surface area contributed by atoms with Crippen molar-refractivity contribution in [2.24, 2.45) is 0 Å². The molecule has 6 nitrogen and oxygen atoms in total. The van der Waals surface area contributed by atoms with E-state index in [-0.39, 0.29) is 36.7 Å². The van der Waals surface area contributed by atoms with Crippen molar-refractivity contribution in [1.82, 2.24) is 9.80 Å². The predicted octanol–water partition coefficient (Wildman–Crippen LogP) is 5.16. The monoisotopic (exact) mass is 532 g/mol. The number of halogens is 1. The Morgan fingerprint density at radius 2 is 1.64 bits per heavy atom. The van der Waals surface area contributed by atoms with Crippen LogP contribution in [0.4, 0.5) is 4.39 Å². The van der Waals surface area contributed by atoms with Crippen molar-refractivity contribution < 1.29 is 23.5 Å². The molecule has 1 aliphatic heterocycles. The largest absolute Gasteiger partial charge is 0.491 e. The first kappa shape index (κ1) is 28.3. The van der Waals surface area contributed by atoms with E-state index in [9.17, 15) is 14.0 Å². The lowest BCUT2D eigenvalue weighted by molar-refractivity contribution is -0.133. The summed E-state index contributed by atoms with van der Waals surface area (Å²) in [6, 6.07) is 23.2. The third-order valence-electron chi connectivity index (χ3n) is 7.07. The molecule has 206 valence electrons. The standard InChI is InChI=1S/C32H37FN2O4/c1-38-21-20-34-18-8-3-9-19-35(31(36)23-26-14-16-27(33)17-15-26)28(22-25-10-4-2-5-11-25)24-39-30-13-7-6-12-29(30)32(34)37/h2,4-7,10-17,28H,3,8-9,18-24H2,1H3/t28-/m0/s1. The van der Waals surface area contributed by atoms with Gasteiger partial charge in [-0.15, -0.1) is 0 Å². The number of fused-ring (bicyclic) bond motifs is 1. The summed E-state index contributed by atoms with van der Waals surface area (Å²) in [7, 11) is 1.63. The minimum Gasteiger partial charge on any atom is -0.491 e. The van der Waals surface area contributed by atoms with Crippen LogP contribution in [0.15, 0.2) is 78.9 Å². The summed E-state index contributed by atoms with van der Waals surface area (Å²) in [5.41, 5.74) is 2.38. The van der Waals surface area contributed by atoms with Crippen LogP contribution in [0.1, 0.15) is 40.7 Å². The Hall–Kier alpha value is -3.71. The van der Waals surface area contributed by atoms with Crippen LogP contribution in [0.25, 0.3) is 0 Å². The van der Waals surface area contributed by atoms with Gasteiger partial charge in [-0.05, 0) is 61.1 Å². The van der Waals surface area contributed by atoms with Gasteiger partial charge in [-0.3, -0.25) is 9.59 Å². The van der Waals surface area contributed by atoms with Gasteiger partial charge >= 0.3 is 0 Å². The van der Waals surface area contributed by atoms with Crippen LogP contribution in [0.5, 0.6) is 5.75 Å². The van der Waals surface area contributed by atoms with E-state index >= 15 is 0 Å². The van der Waals surface area contributed by atoms with E-state index in [2.05, 4.69) is 12.1 Å². The van der Waals surface area contributed by atoms with Gasteiger partial charge in [0.2, 0.25) is 5.91 Å². The fourth-order valence-corrected chi connectivity index (χ4v) is 4.94. The van der Waals surface area contributed by atoms with Gasteiger partial charge in [0.15, 0.2) is 0 Å². The van der Waals surface area contributed by atoms with E-state index in [1.165, 1.54) is 12.1 Å². The van der Waals surface area contributed by atoms with Gasteiger partial charge in [-0.2, -0.15) is 0 Å². The molecule has 7 heteroatoms. The number of carbonyl (C=O) groups excluding carboxylic acids is 2. The Kier molecular flexibility index (Phi) is 10.5. The van der Waals surface area contributed by atoms with Gasteiger partial charge in [0.25, 0.3) is 5.91 Å². The third kappa shape index (κ3) is 8.14. The number of carbonyl (C=O) groups is 2. The Bertz CT molecular complexity index is 1200. The van der Waals surface area contributed by atoms with Gasteiger partial charge in [0.05, 0.1) is 24.6 Å². The molecular formula is C32H37FN2O4. The number of benzene rings is 3. The molecule has 4 rings (SSSR count). The summed E-state index contributed by atoms with van der Waals surface area (Å²) in [5, 5.41) is 0. The number of methoxy groups -OCH3 is 1. The van der Waals surface area contributed by atoms with E-state index in [1.54, 1.807) is 25.3 Å². The molecule has 0 aliphatic carbocycles. The van der Waals surface area contributed by atoms with Crippen molar-refractivity contribution in [2.45, 2.75) is 38.1 Å². The molecule has 0 aromatic heterocycles. The fraction of sp³-hybridized carbons (Fsp3) is 0.375. The summed E-state index contributed by atoms with van der Waals surface area (Å²) < 4.78 is 25.1. The first-order valence-corrected chi connectivity index (χ1v) is 13.6. The maximum absolute atomic E-state index is 13.7. The normalized spacial score (nSPS) is 16.9. The van der Waals surface area contributed by atoms with E-state index in [1.807, 2.05) is 46.2 Å². The maximum atomic E-state index is 13.7. The number of hydrogen-bond donors (Lipinski definition) is 0. The highest BCUT2D eigenvalue weighted by atomic mass is 19.1. The lowest BCUT2D eigenvalue weighted by atomic mass is 10.0. The van der Waals surface area contributed by atoms with Crippen molar-refractivity contribution in [1.29, 1.82) is 0 Å². The molecule has 3 aromatic rings. The lowest BCUT2D eigenvalue weighted by Crippen LogP contribution is -2.46. The first-order valence-electron chi connectivity index (χ1n) is 13.6. The van der Waals surface area contributed by atoms with Gasteiger partial charge in [0, 0.05) is 26.7 Å². The van der Waals surface area contributed by atoms with Crippen molar-refractivity contribution in [3.8, 4) is 5.75 Å². The second kappa shape index (κ2) is 14.4. The molecule has 1 aliphatic rings. The Balaban J connectivity index is 1.63. The smallest absolute Gasteiger partial charge is 0.257 e. The van der Waals surface area contributed by atoms with Gasteiger partial charge in [-0.1, -0.05) is 54.6 Å². The Morgan fingerprint density at radius 3 is 2.41 bits per heavy atom. The number of nitrogens with zero attached hydrogens (tertiary/aromatic N) is 2. The second-order valence-electron chi connectivity index (χ2n) is 9.89. The average molecular weight is 533 g/mol. The van der Waals surface area contributed by atoms with Gasteiger partial charge < -0.3 is 19.3 Å². The maximum Gasteiger partial charge on any atom is 0.257 e. The minimum atomic E-state index is -0.323. The SMILES string of the molecule is COCCN1CCCCCN(C(=O)Cc2ccc(F)cc2)[C@@H](Cc2ccccc2)COc2ccccc2C1=O. The molecule has 2 amide bonds. The summed E-state index contributed by atoms with van der Waals surface area (Å²) in [6.07, 6.45) is 3.30. The molecule has 0 fully saturated rings. The molecule has 0 radical (unpaired) electrons. The highest BCUT2D eigenvalue weighted by Gasteiger charge is 2.27. The Labute approximate surface area is 230 Å². The topological polar surface area (TPSA) is 59.1 Å². The van der Waals surface area contributed by atoms with Gasteiger partial charge in [0.1, 0.15) is 18.2 Å². The quantitative estimate of drug-likeness (QED) is 0.422. The molecular weight excluding hydrogens is 495 g/mol. The van der Waals surface area contributed by atoms with Crippen LogP contribution in [-0.4, -0.2) is 67.6 Å². The van der Waals surface area contributed by atoms with Gasteiger partial charge in [-0.25, -0.2) is 4.39 Å². The molecule has 0 N–H and O–H groups in total. The average Bonchev–Trinajstić information content (AvgIpc) is 2.97. The number of ether oxygens (including phenoxy) is 2. The van der Waals surface area contributed by atoms with E-state index < -0.39 is 0 Å². The molecule has 39 heavy (non-hydrogen) atoms. The summed E-state index contributed by atoms with van der Waals surface area (Å²) in [4.78, 5) is 31.0. The highest BCUT2D eigenvalue weighted by Crippen LogP contribution is 2.23. The highest BCUT2D eigenvalue weighted by molar-refractivity contribution is 5.97. The first-order chi connectivity index (χ1) is 19.0. The number of rotatable bonds is 7. The molecule has 1 atom stereocenters. The van der Waals surface area contributed by atoms with Crippen LogP contribution in [0, 0.1) is 5.82 Å². The third-order valence-corrected chi connectivity index (χ3v) is 7.07. The number of amides is 2. The predicted molar refractivity (Wildman–Crippen MR) is 149 cm³/mol. The van der Waals surface area contributed by atoms with Crippen LogP contribution in [0.2, 0.25) is 0 Å². The van der Waals surface area contributed by atoms with Crippen molar-refractivity contribution in [2.75, 3.05) is 40.0 Å². The summed E-state index contributed by atoms with van der Waals surface area (Å²) in [6.45, 7) is 2.39. The molecule has 0 spiro atoms. The van der Waals surface area contributed by atoms with Crippen LogP contribution in [0.3, 0.4) is 0 Å². The van der Waals surface area contributed by atoms with Crippen LogP contribution >= 0.6 is 0 Å². The molecule has 0 saturated carbocycles. The van der Waals surface area contributed by atoms with E-state index in [0.717, 1.165) is 30.4 Å². The summed E-state index contributed by atoms with van der Waals surface area (Å²) >= 11 is 0. The van der Waals surface area contributed by atoms with Crippen LogP contribution in [-0.2, 0) is 22.4 Å². The molecule has 0 unspecified atom stereocenters. The van der Waals surface area contributed by atoms with Crippen LogP contribution < -0.4 is 4.74 Å². The zero-order valence-corrected chi connectivity index (χ0v) is 22.6. The second-order valence-corrected chi connectivity index (χ2v) is 9.89. The molecule has 1 heterocycles. The van der Waals surface area contributed by atoms with E-state index in [0.29, 0.717) is 44.0 Å². The van der Waals surface area contributed by atoms with Crippen molar-refractivity contribution in [3.05, 3.63) is 101 Å². The van der Waals surface area contributed by atoms with Crippen molar-refractivity contribution >= 4 is 11.8 Å². The molecule has 0 saturated heterocycles. The number of para-hydroxylation sites is 1. The van der Waals surface area contributed by atoms with E-state index in [4.69, 9.17) is 9.47 Å². The van der Waals surface area contributed by atoms with Crippen molar-refractivity contribution in [3.63, 3.8) is 0 Å². The fourth-order valence-electron chi connectivity index (χ4n) is 4.94. The zero-order valence-electron chi connectivity index (χ0n) is 22.6. The summed E-state index contributed by atoms with van der Waals surface area (Å²) in [5.74, 6) is 0.0858. The number of hydrogen-bond acceptors (Lipinski definition) is 4. The minimum absolute atomic E-state index is 0.0212. The Morgan fingerprint density at radius 1 is 0.923 bits per heavy atom. The molecule has 0 bridgehead atoms. The zero-order chi connectivity index (χ0) is 27.5. The molecule has 3 aromatic carbocycles.